The molecule has 0 unspecified atom stereocenters. The fourth-order valence-electron chi connectivity index (χ4n) is 3.65. The van der Waals surface area contributed by atoms with Gasteiger partial charge in [-0.05, 0) is 45.0 Å². The zero-order valence-electron chi connectivity index (χ0n) is 19.1. The first kappa shape index (κ1) is 23.4. The lowest BCUT2D eigenvalue weighted by atomic mass is 10.1. The molecule has 172 valence electrons. The van der Waals surface area contributed by atoms with Gasteiger partial charge in [0.05, 0.1) is 6.61 Å². The Hall–Kier alpha value is -3.29. The molecular weight excluding hydrogens is 408 g/mol. The zero-order valence-corrected chi connectivity index (χ0v) is 19.1. The third-order valence-corrected chi connectivity index (χ3v) is 5.48. The maximum absolute atomic E-state index is 13.1. The molecule has 1 aromatic carbocycles. The van der Waals surface area contributed by atoms with Crippen molar-refractivity contribution in [3.63, 3.8) is 0 Å². The average Bonchev–Trinajstić information content (AvgIpc) is 2.84. The van der Waals surface area contributed by atoms with Crippen LogP contribution in [0.4, 0.5) is 4.79 Å². The van der Waals surface area contributed by atoms with Crippen molar-refractivity contribution in [1.29, 1.82) is 0 Å². The summed E-state index contributed by atoms with van der Waals surface area (Å²) in [5.74, 6) is 1.05. The van der Waals surface area contributed by atoms with Crippen LogP contribution in [0.1, 0.15) is 36.7 Å². The minimum atomic E-state index is -0.0697. The maximum Gasteiger partial charge on any atom is 0.320 e. The van der Waals surface area contributed by atoms with Gasteiger partial charge in [0, 0.05) is 62.8 Å². The lowest BCUT2D eigenvalue weighted by molar-refractivity contribution is 0.0641. The van der Waals surface area contributed by atoms with Crippen molar-refractivity contribution >= 4 is 11.9 Å². The number of ether oxygens (including phenoxy) is 2. The van der Waals surface area contributed by atoms with E-state index in [0.29, 0.717) is 69.5 Å². The molecule has 3 rings (SSSR count). The molecular formula is C24H32N4O4. The van der Waals surface area contributed by atoms with Gasteiger partial charge in [0.25, 0.3) is 5.91 Å². The van der Waals surface area contributed by atoms with E-state index in [-0.39, 0.29) is 11.9 Å². The Labute approximate surface area is 189 Å². The van der Waals surface area contributed by atoms with E-state index >= 15 is 0 Å². The topological polar surface area (TPSA) is 75.2 Å². The molecule has 32 heavy (non-hydrogen) atoms. The number of piperazine rings is 1. The minimum absolute atomic E-state index is 0.0378. The van der Waals surface area contributed by atoms with Crippen molar-refractivity contribution < 1.29 is 19.1 Å². The lowest BCUT2D eigenvalue weighted by Gasteiger charge is -2.37. The molecule has 2 aromatic rings. The largest absolute Gasteiger partial charge is 0.490 e. The highest BCUT2D eigenvalue weighted by Gasteiger charge is 2.27. The van der Waals surface area contributed by atoms with Gasteiger partial charge >= 0.3 is 6.03 Å². The van der Waals surface area contributed by atoms with E-state index in [4.69, 9.17) is 9.47 Å². The summed E-state index contributed by atoms with van der Waals surface area (Å²) in [6.07, 6.45) is 3.47. The summed E-state index contributed by atoms with van der Waals surface area (Å²) >= 11 is 0. The van der Waals surface area contributed by atoms with Gasteiger partial charge in [-0.3, -0.25) is 9.78 Å². The van der Waals surface area contributed by atoms with Crippen molar-refractivity contribution in [2.75, 3.05) is 45.9 Å². The summed E-state index contributed by atoms with van der Waals surface area (Å²) < 4.78 is 11.6. The summed E-state index contributed by atoms with van der Waals surface area (Å²) in [6.45, 7) is 10.1. The van der Waals surface area contributed by atoms with Crippen LogP contribution >= 0.6 is 0 Å². The molecule has 8 nitrogen and oxygen atoms in total. The number of rotatable bonds is 8. The Kier molecular flexibility index (Phi) is 8.30. The van der Waals surface area contributed by atoms with Gasteiger partial charge in [-0.25, -0.2) is 4.79 Å². The number of amides is 3. The Morgan fingerprint density at radius 2 is 1.69 bits per heavy atom. The standard InChI is InChI=1S/C24H32N4O4/c1-4-26(5-2)24(30)28-14-12-27(13-15-28)23(29)20-9-10-21(22(16-20)31-6-3)32-18-19-8-7-11-25-17-19/h7-11,16-17H,4-6,12-15,18H2,1-3H3. The average molecular weight is 441 g/mol. The summed E-state index contributed by atoms with van der Waals surface area (Å²) in [4.78, 5) is 35.1. The number of urea groups is 1. The number of benzene rings is 1. The predicted octanol–water partition coefficient (Wildman–Crippen LogP) is 3.28. The molecule has 0 N–H and O–H groups in total. The third-order valence-electron chi connectivity index (χ3n) is 5.48. The Morgan fingerprint density at radius 3 is 2.31 bits per heavy atom. The van der Waals surface area contributed by atoms with E-state index in [0.717, 1.165) is 5.56 Å². The van der Waals surface area contributed by atoms with Gasteiger partial charge in [-0.1, -0.05) is 6.07 Å². The van der Waals surface area contributed by atoms with Gasteiger partial charge in [-0.2, -0.15) is 0 Å². The molecule has 0 radical (unpaired) electrons. The van der Waals surface area contributed by atoms with E-state index in [9.17, 15) is 9.59 Å². The molecule has 3 amide bonds. The smallest absolute Gasteiger partial charge is 0.320 e. The molecule has 0 bridgehead atoms. The number of pyridine rings is 1. The Balaban J connectivity index is 1.64. The van der Waals surface area contributed by atoms with E-state index in [1.54, 1.807) is 40.4 Å². The highest BCUT2D eigenvalue weighted by Crippen LogP contribution is 2.30. The van der Waals surface area contributed by atoms with E-state index in [1.807, 2.05) is 37.8 Å². The van der Waals surface area contributed by atoms with Gasteiger partial charge in [0.2, 0.25) is 0 Å². The second-order valence-corrected chi connectivity index (χ2v) is 7.48. The summed E-state index contributed by atoms with van der Waals surface area (Å²) in [6, 6.07) is 9.11. The predicted molar refractivity (Wildman–Crippen MR) is 122 cm³/mol. The first-order valence-corrected chi connectivity index (χ1v) is 11.2. The van der Waals surface area contributed by atoms with Crippen LogP contribution in [-0.2, 0) is 6.61 Å². The zero-order chi connectivity index (χ0) is 22.9. The number of aromatic nitrogens is 1. The van der Waals surface area contributed by atoms with Gasteiger partial charge in [0.15, 0.2) is 11.5 Å². The second-order valence-electron chi connectivity index (χ2n) is 7.48. The molecule has 1 aromatic heterocycles. The number of nitrogens with zero attached hydrogens (tertiary/aromatic N) is 4. The van der Waals surface area contributed by atoms with Crippen LogP contribution in [-0.4, -0.2) is 77.5 Å². The fraction of sp³-hybridized carbons (Fsp3) is 0.458. The molecule has 0 saturated carbocycles. The quantitative estimate of drug-likeness (QED) is 0.630. The highest BCUT2D eigenvalue weighted by atomic mass is 16.5. The Bertz CT molecular complexity index is 894. The van der Waals surface area contributed by atoms with E-state index in [2.05, 4.69) is 4.98 Å². The van der Waals surface area contributed by atoms with Gasteiger partial charge in [-0.15, -0.1) is 0 Å². The number of carbonyl (C=O) groups is 2. The molecule has 1 saturated heterocycles. The minimum Gasteiger partial charge on any atom is -0.490 e. The number of hydrogen-bond acceptors (Lipinski definition) is 5. The molecule has 0 aliphatic carbocycles. The number of carbonyl (C=O) groups excluding carboxylic acids is 2. The first-order valence-electron chi connectivity index (χ1n) is 11.2. The van der Waals surface area contributed by atoms with Gasteiger partial charge < -0.3 is 24.2 Å². The second kappa shape index (κ2) is 11.4. The summed E-state index contributed by atoms with van der Waals surface area (Å²) in [5.41, 5.74) is 1.50. The van der Waals surface area contributed by atoms with Crippen LogP contribution in [0.25, 0.3) is 0 Å². The van der Waals surface area contributed by atoms with Crippen molar-refractivity contribution in [2.24, 2.45) is 0 Å². The highest BCUT2D eigenvalue weighted by molar-refractivity contribution is 5.95. The van der Waals surface area contributed by atoms with Gasteiger partial charge in [0.1, 0.15) is 6.61 Å². The molecule has 1 aliphatic rings. The van der Waals surface area contributed by atoms with Crippen molar-refractivity contribution in [3.05, 3.63) is 53.9 Å². The fourth-order valence-corrected chi connectivity index (χ4v) is 3.65. The monoisotopic (exact) mass is 440 g/mol. The first-order chi connectivity index (χ1) is 15.6. The molecule has 8 heteroatoms. The molecule has 0 atom stereocenters. The van der Waals surface area contributed by atoms with Crippen LogP contribution in [0.2, 0.25) is 0 Å². The van der Waals surface area contributed by atoms with Crippen LogP contribution in [0.15, 0.2) is 42.7 Å². The molecule has 2 heterocycles. The SMILES string of the molecule is CCOc1cc(C(=O)N2CCN(C(=O)N(CC)CC)CC2)ccc1OCc1cccnc1. The van der Waals surface area contributed by atoms with Crippen LogP contribution in [0, 0.1) is 0 Å². The van der Waals surface area contributed by atoms with E-state index in [1.165, 1.54) is 0 Å². The molecule has 1 fully saturated rings. The maximum atomic E-state index is 13.1. The van der Waals surface area contributed by atoms with E-state index < -0.39 is 0 Å². The van der Waals surface area contributed by atoms with Crippen LogP contribution in [0.3, 0.4) is 0 Å². The Morgan fingerprint density at radius 1 is 0.969 bits per heavy atom. The number of hydrogen-bond donors (Lipinski definition) is 0. The third kappa shape index (κ3) is 5.69. The van der Waals surface area contributed by atoms with Crippen LogP contribution in [0.5, 0.6) is 11.5 Å². The van der Waals surface area contributed by atoms with Crippen LogP contribution < -0.4 is 9.47 Å². The van der Waals surface area contributed by atoms with Crippen molar-refractivity contribution in [3.8, 4) is 11.5 Å². The van der Waals surface area contributed by atoms with Crippen molar-refractivity contribution in [2.45, 2.75) is 27.4 Å². The van der Waals surface area contributed by atoms with Crippen molar-refractivity contribution in [1.82, 2.24) is 19.7 Å². The summed E-state index contributed by atoms with van der Waals surface area (Å²) in [7, 11) is 0. The summed E-state index contributed by atoms with van der Waals surface area (Å²) in [5, 5.41) is 0. The molecule has 0 spiro atoms. The molecule has 1 aliphatic heterocycles. The lowest BCUT2D eigenvalue weighted by Crippen LogP contribution is -2.54. The normalized spacial score (nSPS) is 13.6.